The van der Waals surface area contributed by atoms with Crippen LogP contribution in [-0.4, -0.2) is 118 Å². The number of rotatable bonds is 6. The number of likely N-dealkylation sites (tertiary alicyclic amines) is 2. The number of methoxy groups -OCH3 is 1. The summed E-state index contributed by atoms with van der Waals surface area (Å²) in [5.41, 5.74) is -8.42. The molecular formula is C59H68F4N2O8. The number of aliphatic hydroxyl groups is 2. The SMILES string of the molecule is COC(=O)[C@@]12CN(Cc3ccccc3)C[C@@H]1C[C@H]1[C@@H]3C[C@H](F)C4=CC(=O)C=C[C@]4(C)[C@@]3(F)[C@@H](O)C[C@@]12C.C[C@]12C=CC(=O)C=C1[C@@H](F)C[C@H]1[C@@H]3C[C@H]4CN(Cc5ccccc5)C[C@@]4(C(=O)O)[C@@]3(C)C[C@H](O)[C@@]12F. The van der Waals surface area contributed by atoms with Gasteiger partial charge in [0.05, 0.1) is 30.1 Å². The van der Waals surface area contributed by atoms with Crippen molar-refractivity contribution in [3.05, 3.63) is 119 Å². The minimum Gasteiger partial charge on any atom is -0.481 e. The van der Waals surface area contributed by atoms with E-state index in [2.05, 4.69) is 21.9 Å². The van der Waals surface area contributed by atoms with E-state index in [1.165, 1.54) is 43.6 Å². The first-order valence-electron chi connectivity index (χ1n) is 26.3. The zero-order valence-corrected chi connectivity index (χ0v) is 42.3. The van der Waals surface area contributed by atoms with Crippen LogP contribution < -0.4 is 0 Å². The summed E-state index contributed by atoms with van der Waals surface area (Å²) in [4.78, 5) is 55.2. The third-order valence-electron chi connectivity index (χ3n) is 21.9. The molecule has 0 radical (unpaired) electrons. The summed E-state index contributed by atoms with van der Waals surface area (Å²) in [5.74, 6) is -4.56. The van der Waals surface area contributed by atoms with E-state index in [1.54, 1.807) is 13.8 Å². The van der Waals surface area contributed by atoms with Crippen molar-refractivity contribution < 1.29 is 56.8 Å². The third-order valence-corrected chi connectivity index (χ3v) is 21.9. The fourth-order valence-corrected chi connectivity index (χ4v) is 18.5. The number of ether oxygens (including phenoxy) is 1. The van der Waals surface area contributed by atoms with Gasteiger partial charge in [-0.2, -0.15) is 0 Å². The average molecular weight is 1010 g/mol. The van der Waals surface area contributed by atoms with Gasteiger partial charge in [0, 0.05) is 61.9 Å². The molecule has 18 atom stereocenters. The molecule has 14 heteroatoms. The highest BCUT2D eigenvalue weighted by Gasteiger charge is 2.81. The molecule has 390 valence electrons. The number of carbonyl (C=O) groups excluding carboxylic acids is 3. The van der Waals surface area contributed by atoms with Crippen LogP contribution in [-0.2, 0) is 37.0 Å². The molecule has 73 heavy (non-hydrogen) atoms. The van der Waals surface area contributed by atoms with Gasteiger partial charge in [-0.15, -0.1) is 0 Å². The molecule has 0 bridgehead atoms. The highest BCUT2D eigenvalue weighted by molar-refractivity contribution is 6.02. The number of hydrogen-bond donors (Lipinski definition) is 3. The molecule has 10 nitrogen and oxygen atoms in total. The largest absolute Gasteiger partial charge is 0.481 e. The number of benzene rings is 2. The second kappa shape index (κ2) is 16.9. The van der Waals surface area contributed by atoms with Crippen molar-refractivity contribution in [2.24, 2.45) is 68.0 Å². The van der Waals surface area contributed by atoms with Gasteiger partial charge in [-0.1, -0.05) is 86.7 Å². The topological polar surface area (TPSA) is 145 Å². The average Bonchev–Trinajstić information content (AvgIpc) is 4.05. The summed E-state index contributed by atoms with van der Waals surface area (Å²) in [6.45, 7) is 10.4. The molecule has 12 rings (SSSR count). The van der Waals surface area contributed by atoms with Crippen molar-refractivity contribution in [1.29, 1.82) is 0 Å². The Kier molecular flexibility index (Phi) is 11.6. The monoisotopic (exact) mass is 1010 g/mol. The molecule has 8 aliphatic carbocycles. The van der Waals surface area contributed by atoms with Gasteiger partial charge in [0.25, 0.3) is 0 Å². The van der Waals surface area contributed by atoms with E-state index in [-0.39, 0.29) is 78.0 Å². The quantitative estimate of drug-likeness (QED) is 0.191. The lowest BCUT2D eigenvalue weighted by molar-refractivity contribution is -0.216. The number of ketones is 2. The van der Waals surface area contributed by atoms with Crippen LogP contribution >= 0.6 is 0 Å². The van der Waals surface area contributed by atoms with Crippen LogP contribution in [0.3, 0.4) is 0 Å². The van der Waals surface area contributed by atoms with Crippen LogP contribution in [0.4, 0.5) is 17.6 Å². The molecule has 2 aromatic carbocycles. The summed E-state index contributed by atoms with van der Waals surface area (Å²) in [5, 5.41) is 33.8. The second-order valence-corrected chi connectivity index (χ2v) is 24.6. The van der Waals surface area contributed by atoms with Crippen molar-refractivity contribution in [3.8, 4) is 0 Å². The Hall–Kier alpha value is -4.76. The van der Waals surface area contributed by atoms with Crippen LogP contribution in [0.2, 0.25) is 0 Å². The molecule has 2 aliphatic heterocycles. The number of halogens is 4. The number of aliphatic hydroxyl groups excluding tert-OH is 2. The van der Waals surface area contributed by atoms with E-state index in [4.69, 9.17) is 4.74 Å². The second-order valence-electron chi connectivity index (χ2n) is 24.6. The Balaban J connectivity index is 0.000000157. The van der Waals surface area contributed by atoms with Gasteiger partial charge in [0.1, 0.15) is 12.3 Å². The Morgan fingerprint density at radius 2 is 1.03 bits per heavy atom. The third kappa shape index (κ3) is 6.54. The van der Waals surface area contributed by atoms with E-state index in [9.17, 15) is 34.5 Å². The molecule has 2 aromatic rings. The lowest BCUT2D eigenvalue weighted by Gasteiger charge is -2.63. The molecule has 6 saturated carbocycles. The number of alkyl halides is 4. The molecule has 10 aliphatic rings. The number of carboxylic acids is 1. The number of esters is 1. The van der Waals surface area contributed by atoms with E-state index in [0.29, 0.717) is 52.1 Å². The lowest BCUT2D eigenvalue weighted by Crippen LogP contribution is -2.69. The first kappa shape index (κ1) is 50.4. The van der Waals surface area contributed by atoms with Gasteiger partial charge in [0.2, 0.25) is 0 Å². The Bertz CT molecular complexity index is 2760. The van der Waals surface area contributed by atoms with Crippen molar-refractivity contribution in [2.45, 2.75) is 115 Å². The maximum absolute atomic E-state index is 17.4. The van der Waals surface area contributed by atoms with Gasteiger partial charge in [-0.25, -0.2) is 17.6 Å². The highest BCUT2D eigenvalue weighted by atomic mass is 19.2. The fraction of sp³-hybridized carbons (Fsp3) is 0.593. The summed E-state index contributed by atoms with van der Waals surface area (Å²) in [6.07, 6.45) is 2.86. The first-order chi connectivity index (χ1) is 34.5. The normalized spacial score (nSPS) is 47.0. The number of aliphatic carboxylic acids is 1. The molecule has 0 amide bonds. The van der Waals surface area contributed by atoms with E-state index in [1.807, 2.05) is 62.4 Å². The minimum atomic E-state index is -2.18. The van der Waals surface area contributed by atoms with Gasteiger partial charge >= 0.3 is 11.9 Å². The number of carboxylic acid groups (broad SMARTS) is 1. The van der Waals surface area contributed by atoms with Crippen LogP contribution in [0.25, 0.3) is 0 Å². The van der Waals surface area contributed by atoms with Gasteiger partial charge in [-0.3, -0.25) is 29.0 Å². The standard InChI is InChI=1S/C30H35F2NO4.C29H33F2NO4/c1-27-10-9-20(34)12-23(27)24(31)13-22-21-11-19-16-33(15-18-7-5-4-6-8-18)17-29(19,26(36)37-3)28(21,2)14-25(35)30(22,27)32;1-26-9-8-19(33)11-22(26)23(30)12-21-20-10-18-15-32(14-17-6-4-3-5-7-17)16-28(18,25(35)36)27(20,2)13-24(34)29(21,26)31/h4-10,12,19,21-22,24-25,35H,11,13-17H2,1-3H3;3-9,11,18,20-21,23-24,34H,10,12-16H2,1-2H3,(H,35,36)/t19-,21-,22-,24-,25-,27-,28-,29+,30-;18-,20-,21-,23-,24-,26-,27-,28+,29-/m00/s1. The molecule has 8 fully saturated rings. The fourth-order valence-electron chi connectivity index (χ4n) is 18.5. The molecule has 2 saturated heterocycles. The zero-order chi connectivity index (χ0) is 52.1. The van der Waals surface area contributed by atoms with E-state index >= 15 is 17.6 Å². The van der Waals surface area contributed by atoms with Gasteiger partial charge < -0.3 is 20.1 Å². The van der Waals surface area contributed by atoms with E-state index < -0.39 is 86.2 Å². The number of hydrogen-bond acceptors (Lipinski definition) is 9. The van der Waals surface area contributed by atoms with Crippen molar-refractivity contribution in [1.82, 2.24) is 9.80 Å². The predicted molar refractivity (Wildman–Crippen MR) is 263 cm³/mol. The van der Waals surface area contributed by atoms with Crippen molar-refractivity contribution in [3.63, 3.8) is 0 Å². The summed E-state index contributed by atoms with van der Waals surface area (Å²) in [6, 6.07) is 20.0. The number of allylic oxidation sites excluding steroid dienone is 8. The summed E-state index contributed by atoms with van der Waals surface area (Å²) in [7, 11) is 1.39. The Morgan fingerprint density at radius 3 is 1.44 bits per heavy atom. The summed E-state index contributed by atoms with van der Waals surface area (Å²) < 4.78 is 71.5. The Morgan fingerprint density at radius 1 is 0.630 bits per heavy atom. The first-order valence-corrected chi connectivity index (χ1v) is 26.3. The van der Waals surface area contributed by atoms with Crippen LogP contribution in [0, 0.1) is 68.0 Å². The minimum absolute atomic E-state index is 0.00570. The van der Waals surface area contributed by atoms with Gasteiger partial charge in [0.15, 0.2) is 22.9 Å². The highest BCUT2D eigenvalue weighted by Crippen LogP contribution is 2.76. The maximum atomic E-state index is 17.4. The number of carbonyl (C=O) groups is 4. The zero-order valence-electron chi connectivity index (χ0n) is 42.3. The predicted octanol–water partition coefficient (Wildman–Crippen LogP) is 8.32. The molecular weight excluding hydrogens is 941 g/mol. The molecule has 0 aromatic heterocycles. The van der Waals surface area contributed by atoms with Crippen molar-refractivity contribution >= 4 is 23.5 Å². The van der Waals surface area contributed by atoms with Crippen LogP contribution in [0.5, 0.6) is 0 Å². The molecule has 0 unspecified atom stereocenters. The summed E-state index contributed by atoms with van der Waals surface area (Å²) >= 11 is 0. The maximum Gasteiger partial charge on any atom is 0.314 e. The number of nitrogens with zero attached hydrogens (tertiary/aromatic N) is 2. The smallest absolute Gasteiger partial charge is 0.314 e. The molecule has 3 N–H and O–H groups in total. The molecule has 2 heterocycles. The Labute approximate surface area is 424 Å². The van der Waals surface area contributed by atoms with Crippen LogP contribution in [0.15, 0.2) is 108 Å². The van der Waals surface area contributed by atoms with Crippen molar-refractivity contribution in [2.75, 3.05) is 33.3 Å². The van der Waals surface area contributed by atoms with Crippen LogP contribution in [0.1, 0.15) is 77.3 Å². The number of fused-ring (bicyclic) bond motifs is 14. The molecule has 0 spiro atoms. The van der Waals surface area contributed by atoms with Gasteiger partial charge in [-0.05, 0) is 133 Å². The lowest BCUT2D eigenvalue weighted by atomic mass is 9.43. The van der Waals surface area contributed by atoms with E-state index in [0.717, 1.165) is 11.1 Å².